The van der Waals surface area contributed by atoms with Crippen molar-refractivity contribution < 1.29 is 0 Å². The number of hydrogen-bond donors (Lipinski definition) is 0. The lowest BCUT2D eigenvalue weighted by molar-refractivity contribution is 0.793. The summed E-state index contributed by atoms with van der Waals surface area (Å²) < 4.78 is 2.05. The van der Waals surface area contributed by atoms with E-state index in [0.717, 1.165) is 27.3 Å². The van der Waals surface area contributed by atoms with Gasteiger partial charge in [-0.25, -0.2) is 0 Å². The summed E-state index contributed by atoms with van der Waals surface area (Å²) in [5, 5.41) is 10.4. The summed E-state index contributed by atoms with van der Waals surface area (Å²) in [6, 6.07) is 16.5. The lowest BCUT2D eigenvalue weighted by Gasteiger charge is -2.07. The molecular weight excluding hydrogens is 338 g/mol. The van der Waals surface area contributed by atoms with Crippen LogP contribution in [0.2, 0.25) is 5.02 Å². The van der Waals surface area contributed by atoms with Crippen LogP contribution in [0.1, 0.15) is 30.9 Å². The van der Waals surface area contributed by atoms with Crippen molar-refractivity contribution in [2.45, 2.75) is 30.7 Å². The Morgan fingerprint density at radius 2 is 1.67 bits per heavy atom. The highest BCUT2D eigenvalue weighted by atomic mass is 35.5. The van der Waals surface area contributed by atoms with E-state index in [4.69, 9.17) is 11.6 Å². The Morgan fingerprint density at radius 1 is 1.00 bits per heavy atom. The Kier molecular flexibility index (Phi) is 5.27. The van der Waals surface area contributed by atoms with Gasteiger partial charge < -0.3 is 4.57 Å². The Balaban J connectivity index is 1.74. The number of halogens is 1. The van der Waals surface area contributed by atoms with E-state index < -0.39 is 0 Å². The number of aromatic nitrogens is 3. The summed E-state index contributed by atoms with van der Waals surface area (Å²) in [4.78, 5) is 0. The molecule has 3 aromatic rings. The van der Waals surface area contributed by atoms with Crippen molar-refractivity contribution in [1.29, 1.82) is 0 Å². The van der Waals surface area contributed by atoms with Gasteiger partial charge in [0.15, 0.2) is 11.0 Å². The number of nitrogens with zero attached hydrogens (tertiary/aromatic N) is 3. The molecule has 1 aromatic heterocycles. The predicted molar refractivity (Wildman–Crippen MR) is 102 cm³/mol. The smallest absolute Gasteiger partial charge is 0.191 e. The first-order chi connectivity index (χ1) is 11.5. The van der Waals surface area contributed by atoms with Gasteiger partial charge in [0.1, 0.15) is 0 Å². The topological polar surface area (TPSA) is 30.7 Å². The summed E-state index contributed by atoms with van der Waals surface area (Å²) in [5.74, 6) is 2.27. The van der Waals surface area contributed by atoms with Gasteiger partial charge in [-0.15, -0.1) is 10.2 Å². The molecule has 0 spiro atoms. The zero-order valence-corrected chi connectivity index (χ0v) is 15.6. The van der Waals surface area contributed by atoms with Crippen LogP contribution in [0.3, 0.4) is 0 Å². The van der Waals surface area contributed by atoms with Gasteiger partial charge in [0, 0.05) is 23.4 Å². The molecule has 0 saturated carbocycles. The van der Waals surface area contributed by atoms with Crippen LogP contribution in [0, 0.1) is 0 Å². The second-order valence-electron chi connectivity index (χ2n) is 6.06. The highest BCUT2D eigenvalue weighted by molar-refractivity contribution is 7.98. The minimum Gasteiger partial charge on any atom is -0.305 e. The van der Waals surface area contributed by atoms with Crippen LogP contribution in [0.4, 0.5) is 0 Å². The summed E-state index contributed by atoms with van der Waals surface area (Å²) in [7, 11) is 2.01. The first-order valence-electron chi connectivity index (χ1n) is 7.91. The third-order valence-corrected chi connectivity index (χ3v) is 5.30. The maximum Gasteiger partial charge on any atom is 0.191 e. The van der Waals surface area contributed by atoms with E-state index >= 15 is 0 Å². The summed E-state index contributed by atoms with van der Waals surface area (Å²) in [6.07, 6.45) is 0. The van der Waals surface area contributed by atoms with E-state index in [-0.39, 0.29) is 0 Å². The van der Waals surface area contributed by atoms with E-state index in [1.54, 1.807) is 11.8 Å². The minimum absolute atomic E-state index is 0.532. The molecule has 0 aliphatic heterocycles. The van der Waals surface area contributed by atoms with E-state index in [1.807, 2.05) is 35.9 Å². The van der Waals surface area contributed by atoms with Gasteiger partial charge in [0.2, 0.25) is 0 Å². The molecule has 0 saturated heterocycles. The monoisotopic (exact) mass is 357 g/mol. The van der Waals surface area contributed by atoms with E-state index in [2.05, 4.69) is 48.3 Å². The maximum atomic E-state index is 5.92. The first kappa shape index (κ1) is 17.1. The van der Waals surface area contributed by atoms with Gasteiger partial charge in [0.05, 0.1) is 0 Å². The second kappa shape index (κ2) is 7.41. The van der Waals surface area contributed by atoms with E-state index in [1.165, 1.54) is 11.1 Å². The van der Waals surface area contributed by atoms with Crippen LogP contribution in [-0.4, -0.2) is 14.8 Å². The third-order valence-electron chi connectivity index (χ3n) is 3.95. The summed E-state index contributed by atoms with van der Waals surface area (Å²) in [6.45, 7) is 4.39. The molecule has 0 bridgehead atoms. The summed E-state index contributed by atoms with van der Waals surface area (Å²) >= 11 is 7.60. The fourth-order valence-electron chi connectivity index (χ4n) is 2.44. The van der Waals surface area contributed by atoms with Crippen molar-refractivity contribution in [1.82, 2.24) is 14.8 Å². The lowest BCUT2D eigenvalue weighted by Crippen LogP contribution is -1.95. The van der Waals surface area contributed by atoms with Crippen LogP contribution < -0.4 is 0 Å². The molecule has 2 aromatic carbocycles. The highest BCUT2D eigenvalue weighted by Crippen LogP contribution is 2.26. The zero-order valence-electron chi connectivity index (χ0n) is 14.0. The molecular formula is C19H20ClN3S. The van der Waals surface area contributed by atoms with Gasteiger partial charge >= 0.3 is 0 Å². The molecule has 0 fully saturated rings. The molecule has 1 heterocycles. The molecule has 0 atom stereocenters. The Hall–Kier alpha value is -1.78. The van der Waals surface area contributed by atoms with Crippen LogP contribution >= 0.6 is 23.4 Å². The van der Waals surface area contributed by atoms with Gasteiger partial charge in [-0.2, -0.15) is 0 Å². The van der Waals surface area contributed by atoms with Crippen LogP contribution in [0.25, 0.3) is 11.4 Å². The number of rotatable bonds is 5. The maximum absolute atomic E-state index is 5.92. The van der Waals surface area contributed by atoms with Crippen molar-refractivity contribution in [3.63, 3.8) is 0 Å². The first-order valence-corrected chi connectivity index (χ1v) is 9.28. The van der Waals surface area contributed by atoms with Gasteiger partial charge in [0.25, 0.3) is 0 Å². The number of benzene rings is 2. The molecule has 3 rings (SSSR count). The lowest BCUT2D eigenvalue weighted by atomic mass is 10.0. The third kappa shape index (κ3) is 3.82. The molecule has 0 N–H and O–H groups in total. The van der Waals surface area contributed by atoms with Gasteiger partial charge in [-0.05, 0) is 29.2 Å². The largest absolute Gasteiger partial charge is 0.305 e. The molecule has 0 unspecified atom stereocenters. The Labute approximate surface area is 152 Å². The van der Waals surface area contributed by atoms with Gasteiger partial charge in [-0.3, -0.25) is 0 Å². The fourth-order valence-corrected chi connectivity index (χ4v) is 3.43. The van der Waals surface area contributed by atoms with Crippen molar-refractivity contribution in [2.24, 2.45) is 7.05 Å². The van der Waals surface area contributed by atoms with E-state index in [9.17, 15) is 0 Å². The molecule has 24 heavy (non-hydrogen) atoms. The molecule has 3 nitrogen and oxygen atoms in total. The molecule has 0 amide bonds. The van der Waals surface area contributed by atoms with Crippen molar-refractivity contribution in [2.75, 3.05) is 0 Å². The molecule has 0 aliphatic rings. The number of hydrogen-bond acceptors (Lipinski definition) is 3. The predicted octanol–water partition coefficient (Wildman–Crippen LogP) is 5.55. The average molecular weight is 358 g/mol. The SMILES string of the molecule is CC(C)c1ccc(-c2nnc(SCc3ccc(Cl)cc3)n2C)cc1. The minimum atomic E-state index is 0.532. The molecule has 0 aliphatic carbocycles. The Morgan fingerprint density at radius 3 is 2.29 bits per heavy atom. The van der Waals surface area contributed by atoms with Crippen LogP contribution in [0.15, 0.2) is 53.7 Å². The van der Waals surface area contributed by atoms with Crippen molar-refractivity contribution >= 4 is 23.4 Å². The number of thioether (sulfide) groups is 1. The van der Waals surface area contributed by atoms with Crippen LogP contribution in [-0.2, 0) is 12.8 Å². The molecule has 5 heteroatoms. The second-order valence-corrected chi connectivity index (χ2v) is 7.44. The quantitative estimate of drug-likeness (QED) is 0.561. The molecule has 124 valence electrons. The van der Waals surface area contributed by atoms with Gasteiger partial charge in [-0.1, -0.05) is 73.6 Å². The molecule has 0 radical (unpaired) electrons. The summed E-state index contributed by atoms with van der Waals surface area (Å²) in [5.41, 5.74) is 3.64. The Bertz CT molecular complexity index is 808. The van der Waals surface area contributed by atoms with E-state index in [0.29, 0.717) is 5.92 Å². The van der Waals surface area contributed by atoms with Crippen molar-refractivity contribution in [3.8, 4) is 11.4 Å². The normalized spacial score (nSPS) is 11.2. The zero-order chi connectivity index (χ0) is 17.1. The fraction of sp³-hybridized carbons (Fsp3) is 0.263. The highest BCUT2D eigenvalue weighted by Gasteiger charge is 2.11. The van der Waals surface area contributed by atoms with Crippen LogP contribution in [0.5, 0.6) is 0 Å². The standard InChI is InChI=1S/C19H20ClN3S/c1-13(2)15-6-8-16(9-7-15)18-21-22-19(23(18)3)24-12-14-4-10-17(20)11-5-14/h4-11,13H,12H2,1-3H3. The van der Waals surface area contributed by atoms with Crippen molar-refractivity contribution in [3.05, 3.63) is 64.7 Å². The average Bonchev–Trinajstić information content (AvgIpc) is 2.95.